The zero-order chi connectivity index (χ0) is 26.9. The lowest BCUT2D eigenvalue weighted by molar-refractivity contribution is -0.140. The summed E-state index contributed by atoms with van der Waals surface area (Å²) in [6, 6.07) is 0. The summed E-state index contributed by atoms with van der Waals surface area (Å²) >= 11 is 3.04. The molecule has 208 valence electrons. The van der Waals surface area contributed by atoms with Crippen molar-refractivity contribution in [3.05, 3.63) is 0 Å². The van der Waals surface area contributed by atoms with Crippen LogP contribution in [0.25, 0.3) is 0 Å². The number of hydrogen-bond acceptors (Lipinski definition) is 10. The Balaban J connectivity index is 2.77. The van der Waals surface area contributed by atoms with E-state index in [1.807, 2.05) is 4.90 Å². The molecule has 0 saturated carbocycles. The number of amides is 1. The lowest BCUT2D eigenvalue weighted by atomic mass is 10.3. The first-order chi connectivity index (χ1) is 17.1. The standard InChI is InChI=1S/C21H38BrN5O9/c22-11-18(29)23-1-10-36-16-17(28)12-24-2-4-25(13-19(30)31)6-8-27(15-21(34)35)9-7-26(5-3-24)14-20(32)33/h17,28H,1-16H2,(H,23,29)(H,30,31)(H,32,33)(H,34,35). The molecule has 1 aliphatic rings. The fraction of sp³-hybridized carbons (Fsp3) is 0.810. The number of aliphatic hydroxyl groups excluding tert-OH is 1. The van der Waals surface area contributed by atoms with Crippen molar-refractivity contribution in [1.82, 2.24) is 24.9 Å². The van der Waals surface area contributed by atoms with Crippen molar-refractivity contribution < 1.29 is 44.3 Å². The molecule has 0 aliphatic carbocycles. The van der Waals surface area contributed by atoms with E-state index in [9.17, 15) is 39.6 Å². The van der Waals surface area contributed by atoms with Gasteiger partial charge < -0.3 is 30.5 Å². The number of alkyl halides is 1. The summed E-state index contributed by atoms with van der Waals surface area (Å²) in [6.07, 6.45) is -0.836. The van der Waals surface area contributed by atoms with Crippen molar-refractivity contribution >= 4 is 39.7 Å². The predicted octanol–water partition coefficient (Wildman–Crippen LogP) is -2.65. The Labute approximate surface area is 218 Å². The van der Waals surface area contributed by atoms with E-state index in [-0.39, 0.29) is 50.6 Å². The van der Waals surface area contributed by atoms with Crippen molar-refractivity contribution in [2.75, 3.05) is 104 Å². The topological polar surface area (TPSA) is 183 Å². The second-order valence-corrected chi connectivity index (χ2v) is 9.08. The first-order valence-electron chi connectivity index (χ1n) is 11.7. The van der Waals surface area contributed by atoms with Gasteiger partial charge in [0.2, 0.25) is 5.91 Å². The van der Waals surface area contributed by atoms with Gasteiger partial charge in [-0.3, -0.25) is 38.8 Å². The van der Waals surface area contributed by atoms with Crippen LogP contribution in [-0.2, 0) is 23.9 Å². The van der Waals surface area contributed by atoms with Crippen molar-refractivity contribution in [2.24, 2.45) is 0 Å². The van der Waals surface area contributed by atoms with Gasteiger partial charge in [0.1, 0.15) is 0 Å². The van der Waals surface area contributed by atoms with Gasteiger partial charge in [0, 0.05) is 65.4 Å². The third-order valence-corrected chi connectivity index (χ3v) is 5.98. The zero-order valence-electron chi connectivity index (χ0n) is 20.4. The van der Waals surface area contributed by atoms with Crippen LogP contribution < -0.4 is 5.32 Å². The second-order valence-electron chi connectivity index (χ2n) is 8.52. The third-order valence-electron chi connectivity index (χ3n) is 5.48. The summed E-state index contributed by atoms with van der Waals surface area (Å²) in [5, 5.41) is 41.0. The summed E-state index contributed by atoms with van der Waals surface area (Å²) in [5.74, 6) is -3.16. The van der Waals surface area contributed by atoms with E-state index in [0.29, 0.717) is 58.9 Å². The van der Waals surface area contributed by atoms with Crippen molar-refractivity contribution in [2.45, 2.75) is 6.10 Å². The highest BCUT2D eigenvalue weighted by molar-refractivity contribution is 9.09. The maximum absolute atomic E-state index is 11.3. The Morgan fingerprint density at radius 3 is 1.50 bits per heavy atom. The number of carbonyl (C=O) groups excluding carboxylic acids is 1. The van der Waals surface area contributed by atoms with Crippen LogP contribution in [0.1, 0.15) is 0 Å². The van der Waals surface area contributed by atoms with Crippen LogP contribution in [0.15, 0.2) is 0 Å². The molecule has 0 spiro atoms. The van der Waals surface area contributed by atoms with Gasteiger partial charge in [0.05, 0.1) is 44.3 Å². The Kier molecular flexibility index (Phi) is 16.4. The number of nitrogens with zero attached hydrogens (tertiary/aromatic N) is 4. The number of halogens is 1. The van der Waals surface area contributed by atoms with Crippen LogP contribution in [0, 0.1) is 0 Å². The van der Waals surface area contributed by atoms with Crippen LogP contribution >= 0.6 is 15.9 Å². The summed E-state index contributed by atoms with van der Waals surface area (Å²) in [7, 11) is 0. The molecule has 1 unspecified atom stereocenters. The minimum Gasteiger partial charge on any atom is -0.480 e. The number of β-amino-alcohol motifs (C(OH)–C–C–N with tert-alkyl or cyclic N) is 1. The molecule has 1 aliphatic heterocycles. The molecule has 5 N–H and O–H groups in total. The number of carboxylic acid groups (broad SMARTS) is 3. The Hall–Kier alpha value is -1.88. The Morgan fingerprint density at radius 1 is 0.750 bits per heavy atom. The van der Waals surface area contributed by atoms with Crippen molar-refractivity contribution in [1.29, 1.82) is 0 Å². The minimum absolute atomic E-state index is 0.0442. The number of rotatable bonds is 14. The summed E-state index contributed by atoms with van der Waals surface area (Å²) in [5.41, 5.74) is 0. The molecule has 0 radical (unpaired) electrons. The molecular formula is C21H38BrN5O9. The molecule has 1 atom stereocenters. The highest BCUT2D eigenvalue weighted by Crippen LogP contribution is 2.03. The SMILES string of the molecule is O=C(O)CN1CCN(CC(=O)O)CCN(CC(O)COCCNC(=O)CBr)CCN(CC(=O)O)CC1. The van der Waals surface area contributed by atoms with E-state index in [1.54, 1.807) is 14.7 Å². The van der Waals surface area contributed by atoms with Gasteiger partial charge >= 0.3 is 17.9 Å². The molecule has 0 bridgehead atoms. The molecule has 0 aromatic heterocycles. The van der Waals surface area contributed by atoms with E-state index in [0.717, 1.165) is 0 Å². The fourth-order valence-electron chi connectivity index (χ4n) is 3.69. The van der Waals surface area contributed by atoms with Crippen LogP contribution in [0.4, 0.5) is 0 Å². The zero-order valence-corrected chi connectivity index (χ0v) is 22.0. The van der Waals surface area contributed by atoms with Crippen molar-refractivity contribution in [3.63, 3.8) is 0 Å². The van der Waals surface area contributed by atoms with E-state index < -0.39 is 24.0 Å². The third kappa shape index (κ3) is 16.0. The Bertz CT molecular complexity index is 671. The molecule has 1 fully saturated rings. The van der Waals surface area contributed by atoms with Crippen LogP contribution in [0.5, 0.6) is 0 Å². The smallest absolute Gasteiger partial charge is 0.317 e. The number of carbonyl (C=O) groups is 4. The quantitative estimate of drug-likeness (QED) is 0.106. The number of ether oxygens (including phenoxy) is 1. The number of carboxylic acids is 3. The molecule has 14 nitrogen and oxygen atoms in total. The van der Waals surface area contributed by atoms with E-state index >= 15 is 0 Å². The highest BCUT2D eigenvalue weighted by atomic mass is 79.9. The molecular weight excluding hydrogens is 546 g/mol. The first kappa shape index (κ1) is 32.1. The van der Waals surface area contributed by atoms with E-state index in [1.165, 1.54) is 0 Å². The molecule has 1 heterocycles. The number of aliphatic hydroxyl groups is 1. The van der Waals surface area contributed by atoms with Gasteiger partial charge in [-0.05, 0) is 0 Å². The molecule has 0 aromatic rings. The van der Waals surface area contributed by atoms with Gasteiger partial charge in [-0.2, -0.15) is 0 Å². The molecule has 15 heteroatoms. The van der Waals surface area contributed by atoms with Crippen LogP contribution in [0.2, 0.25) is 0 Å². The lowest BCUT2D eigenvalue weighted by Gasteiger charge is -2.33. The van der Waals surface area contributed by atoms with Crippen LogP contribution in [-0.4, -0.2) is 174 Å². The van der Waals surface area contributed by atoms with Crippen molar-refractivity contribution in [3.8, 4) is 0 Å². The summed E-state index contributed by atoms with van der Waals surface area (Å²) < 4.78 is 5.42. The number of aliphatic carboxylic acids is 3. The fourth-order valence-corrected chi connectivity index (χ4v) is 3.89. The average molecular weight is 584 g/mol. The number of nitrogens with one attached hydrogen (secondary N) is 1. The largest absolute Gasteiger partial charge is 0.480 e. The van der Waals surface area contributed by atoms with E-state index in [2.05, 4.69) is 21.2 Å². The summed E-state index contributed by atoms with van der Waals surface area (Å²) in [6.45, 7) is 3.10. The first-order valence-corrected chi connectivity index (χ1v) is 12.8. The normalized spacial score (nSPS) is 18.6. The van der Waals surface area contributed by atoms with Gasteiger partial charge in [-0.25, -0.2) is 0 Å². The number of hydrogen-bond donors (Lipinski definition) is 5. The summed E-state index contributed by atoms with van der Waals surface area (Å²) in [4.78, 5) is 52.1. The lowest BCUT2D eigenvalue weighted by Crippen LogP contribution is -2.49. The van der Waals surface area contributed by atoms with E-state index in [4.69, 9.17) is 4.74 Å². The van der Waals surface area contributed by atoms with Gasteiger partial charge in [-0.1, -0.05) is 15.9 Å². The molecule has 1 amide bonds. The van der Waals surface area contributed by atoms with Gasteiger partial charge in [0.25, 0.3) is 0 Å². The highest BCUT2D eigenvalue weighted by Gasteiger charge is 2.21. The predicted molar refractivity (Wildman–Crippen MR) is 132 cm³/mol. The van der Waals surface area contributed by atoms with Gasteiger partial charge in [0.15, 0.2) is 0 Å². The molecule has 1 rings (SSSR count). The minimum atomic E-state index is -1.01. The maximum atomic E-state index is 11.3. The monoisotopic (exact) mass is 583 g/mol. The molecule has 36 heavy (non-hydrogen) atoms. The molecule has 0 aromatic carbocycles. The molecule has 1 saturated heterocycles. The van der Waals surface area contributed by atoms with Gasteiger partial charge in [-0.15, -0.1) is 0 Å². The Morgan fingerprint density at radius 2 is 1.14 bits per heavy atom. The maximum Gasteiger partial charge on any atom is 0.317 e. The van der Waals surface area contributed by atoms with Crippen LogP contribution in [0.3, 0.4) is 0 Å². The second kappa shape index (κ2) is 18.4. The average Bonchev–Trinajstić information content (AvgIpc) is 2.79.